The maximum Gasteiger partial charge on any atom is 0.335 e. The summed E-state index contributed by atoms with van der Waals surface area (Å²) in [7, 11) is 0. The lowest BCUT2D eigenvalue weighted by molar-refractivity contribution is 0.0694. The Labute approximate surface area is 150 Å². The fraction of sp³-hybridized carbons (Fsp3) is 0.682. The van der Waals surface area contributed by atoms with Gasteiger partial charge in [-0.25, -0.2) is 9.18 Å². The molecule has 2 aliphatic rings. The molecule has 0 bridgehead atoms. The van der Waals surface area contributed by atoms with Crippen LogP contribution in [0.3, 0.4) is 0 Å². The van der Waals surface area contributed by atoms with Crippen LogP contribution < -0.4 is 0 Å². The first-order chi connectivity index (χ1) is 12.1. The minimum absolute atomic E-state index is 0.203. The van der Waals surface area contributed by atoms with Crippen molar-refractivity contribution in [3.05, 3.63) is 35.1 Å². The molecule has 0 atom stereocenters. The summed E-state index contributed by atoms with van der Waals surface area (Å²) in [5.41, 5.74) is 0.988. The molecule has 0 aliphatic heterocycles. The van der Waals surface area contributed by atoms with Gasteiger partial charge < -0.3 is 5.11 Å². The minimum Gasteiger partial charge on any atom is -0.478 e. The highest BCUT2D eigenvalue weighted by Crippen LogP contribution is 2.45. The Morgan fingerprint density at radius 2 is 1.64 bits per heavy atom. The van der Waals surface area contributed by atoms with Crippen LogP contribution in [0.5, 0.6) is 0 Å². The molecule has 3 rings (SSSR count). The van der Waals surface area contributed by atoms with Crippen molar-refractivity contribution in [2.45, 2.75) is 77.0 Å². The van der Waals surface area contributed by atoms with Gasteiger partial charge in [0.05, 0.1) is 5.56 Å². The molecule has 0 aromatic heterocycles. The van der Waals surface area contributed by atoms with Crippen LogP contribution in [-0.2, 0) is 0 Å². The molecule has 0 spiro atoms. The Bertz CT molecular complexity index is 582. The Hall–Kier alpha value is -1.38. The first-order valence-corrected chi connectivity index (χ1v) is 10.1. The van der Waals surface area contributed by atoms with E-state index in [0.29, 0.717) is 5.56 Å². The second-order valence-electron chi connectivity index (χ2n) is 8.22. The van der Waals surface area contributed by atoms with Gasteiger partial charge in [-0.2, -0.15) is 0 Å². The quantitative estimate of drug-likeness (QED) is 0.669. The van der Waals surface area contributed by atoms with Gasteiger partial charge in [0, 0.05) is 0 Å². The van der Waals surface area contributed by atoms with Crippen LogP contribution in [0.15, 0.2) is 18.2 Å². The largest absolute Gasteiger partial charge is 0.478 e. The monoisotopic (exact) mass is 346 g/mol. The molecule has 0 heterocycles. The third-order valence-electron chi connectivity index (χ3n) is 6.71. The molecule has 138 valence electrons. The maximum atomic E-state index is 13.6. The van der Waals surface area contributed by atoms with Crippen molar-refractivity contribution in [1.29, 1.82) is 0 Å². The van der Waals surface area contributed by atoms with E-state index >= 15 is 0 Å². The molecule has 1 N–H and O–H groups in total. The van der Waals surface area contributed by atoms with Crippen LogP contribution in [0.1, 0.15) is 93.0 Å². The Balaban J connectivity index is 1.58. The molecule has 0 amide bonds. The third-order valence-corrected chi connectivity index (χ3v) is 6.71. The summed E-state index contributed by atoms with van der Waals surface area (Å²) in [4.78, 5) is 11.4. The summed E-state index contributed by atoms with van der Waals surface area (Å²) in [6.07, 6.45) is 12.6. The van der Waals surface area contributed by atoms with E-state index in [4.69, 9.17) is 0 Å². The number of benzene rings is 1. The van der Waals surface area contributed by atoms with E-state index in [1.54, 1.807) is 0 Å². The Morgan fingerprint density at radius 3 is 2.20 bits per heavy atom. The molecule has 2 nitrogen and oxygen atoms in total. The molecular formula is C22H31FO2. The molecule has 25 heavy (non-hydrogen) atoms. The van der Waals surface area contributed by atoms with Gasteiger partial charge in [0.1, 0.15) is 5.82 Å². The topological polar surface area (TPSA) is 37.3 Å². The standard InChI is InChI=1S/C22H31FO2/c1-2-3-15-4-6-16(7-5-15)17-8-10-18(11-9-17)21-14-19(23)12-13-20(21)22(24)25/h12-18H,2-11H2,1H3,(H,24,25). The summed E-state index contributed by atoms with van der Waals surface area (Å²) in [5.74, 6) is 1.54. The molecule has 2 aliphatic carbocycles. The van der Waals surface area contributed by atoms with Gasteiger partial charge in [-0.3, -0.25) is 0 Å². The molecule has 0 radical (unpaired) electrons. The van der Waals surface area contributed by atoms with E-state index in [1.165, 1.54) is 69.6 Å². The molecule has 3 heteroatoms. The van der Waals surface area contributed by atoms with Crippen molar-refractivity contribution < 1.29 is 14.3 Å². The van der Waals surface area contributed by atoms with Crippen LogP contribution >= 0.6 is 0 Å². The average molecular weight is 346 g/mol. The van der Waals surface area contributed by atoms with Crippen LogP contribution in [0.25, 0.3) is 0 Å². The number of aromatic carboxylic acids is 1. The summed E-state index contributed by atoms with van der Waals surface area (Å²) in [6, 6.07) is 4.13. The summed E-state index contributed by atoms with van der Waals surface area (Å²) >= 11 is 0. The first-order valence-electron chi connectivity index (χ1n) is 10.1. The second kappa shape index (κ2) is 8.33. The van der Waals surface area contributed by atoms with Gasteiger partial charge in [0.25, 0.3) is 0 Å². The van der Waals surface area contributed by atoms with Gasteiger partial charge in [0.2, 0.25) is 0 Å². The number of rotatable bonds is 5. The average Bonchev–Trinajstić information content (AvgIpc) is 2.62. The molecule has 0 saturated heterocycles. The summed E-state index contributed by atoms with van der Waals surface area (Å²) < 4.78 is 13.6. The van der Waals surface area contributed by atoms with Crippen molar-refractivity contribution in [1.82, 2.24) is 0 Å². The molecule has 0 unspecified atom stereocenters. The molecular weight excluding hydrogens is 315 g/mol. The van der Waals surface area contributed by atoms with Crippen LogP contribution in [-0.4, -0.2) is 11.1 Å². The molecule has 2 fully saturated rings. The zero-order chi connectivity index (χ0) is 17.8. The molecule has 1 aromatic carbocycles. The van der Waals surface area contributed by atoms with Gasteiger partial charge in [-0.1, -0.05) is 32.6 Å². The predicted molar refractivity (Wildman–Crippen MR) is 98.4 cm³/mol. The second-order valence-corrected chi connectivity index (χ2v) is 8.22. The van der Waals surface area contributed by atoms with Crippen LogP contribution in [0.2, 0.25) is 0 Å². The van der Waals surface area contributed by atoms with Gasteiger partial charge in [0.15, 0.2) is 0 Å². The van der Waals surface area contributed by atoms with Crippen LogP contribution in [0, 0.1) is 23.6 Å². The lowest BCUT2D eigenvalue weighted by Gasteiger charge is -2.38. The van der Waals surface area contributed by atoms with Crippen molar-refractivity contribution in [3.8, 4) is 0 Å². The minimum atomic E-state index is -0.939. The smallest absolute Gasteiger partial charge is 0.335 e. The van der Waals surface area contributed by atoms with Crippen molar-refractivity contribution in [3.63, 3.8) is 0 Å². The predicted octanol–water partition coefficient (Wildman–Crippen LogP) is 6.40. The van der Waals surface area contributed by atoms with E-state index in [0.717, 1.165) is 30.6 Å². The first kappa shape index (κ1) is 18.4. The Morgan fingerprint density at radius 1 is 1.04 bits per heavy atom. The zero-order valence-corrected chi connectivity index (χ0v) is 15.3. The van der Waals surface area contributed by atoms with Crippen molar-refractivity contribution >= 4 is 5.97 Å². The normalized spacial score (nSPS) is 30.2. The number of hydrogen-bond donors (Lipinski definition) is 1. The van der Waals surface area contributed by atoms with Gasteiger partial charge in [-0.05, 0) is 86.0 Å². The number of carbonyl (C=O) groups is 1. The Kier molecular flexibility index (Phi) is 6.14. The van der Waals surface area contributed by atoms with Gasteiger partial charge in [-0.15, -0.1) is 0 Å². The molecule has 2 saturated carbocycles. The summed E-state index contributed by atoms with van der Waals surface area (Å²) in [5, 5.41) is 9.39. The summed E-state index contributed by atoms with van der Waals surface area (Å²) in [6.45, 7) is 2.28. The van der Waals surface area contributed by atoms with E-state index in [-0.39, 0.29) is 17.3 Å². The zero-order valence-electron chi connectivity index (χ0n) is 15.3. The molecule has 1 aromatic rings. The lowest BCUT2D eigenvalue weighted by atomic mass is 9.67. The van der Waals surface area contributed by atoms with E-state index in [9.17, 15) is 14.3 Å². The van der Waals surface area contributed by atoms with Crippen molar-refractivity contribution in [2.24, 2.45) is 17.8 Å². The fourth-order valence-electron chi connectivity index (χ4n) is 5.32. The number of carboxylic acid groups (broad SMARTS) is 1. The van der Waals surface area contributed by atoms with Crippen LogP contribution in [0.4, 0.5) is 4.39 Å². The number of hydrogen-bond acceptors (Lipinski definition) is 1. The highest BCUT2D eigenvalue weighted by Gasteiger charge is 2.32. The van der Waals surface area contributed by atoms with E-state index in [2.05, 4.69) is 6.92 Å². The van der Waals surface area contributed by atoms with E-state index < -0.39 is 5.97 Å². The van der Waals surface area contributed by atoms with E-state index in [1.807, 2.05) is 0 Å². The fourth-order valence-corrected chi connectivity index (χ4v) is 5.32. The van der Waals surface area contributed by atoms with Crippen molar-refractivity contribution in [2.75, 3.05) is 0 Å². The SMILES string of the molecule is CCCC1CCC(C2CCC(c3cc(F)ccc3C(=O)O)CC2)CC1. The highest BCUT2D eigenvalue weighted by atomic mass is 19.1. The third kappa shape index (κ3) is 4.43. The highest BCUT2D eigenvalue weighted by molar-refractivity contribution is 5.89. The maximum absolute atomic E-state index is 13.6. The number of halogens is 1. The van der Waals surface area contributed by atoms with Gasteiger partial charge >= 0.3 is 5.97 Å². The lowest BCUT2D eigenvalue weighted by Crippen LogP contribution is -2.25. The number of carboxylic acids is 1.